The molecule has 0 radical (unpaired) electrons. The van der Waals surface area contributed by atoms with E-state index >= 15 is 0 Å². The van der Waals surface area contributed by atoms with E-state index < -0.39 is 92.4 Å². The highest BCUT2D eigenvalue weighted by atomic mass is 16.8. The van der Waals surface area contributed by atoms with Gasteiger partial charge in [0, 0.05) is 12.5 Å². The molecule has 50 heavy (non-hydrogen) atoms. The van der Waals surface area contributed by atoms with Crippen LogP contribution < -0.4 is 14.2 Å². The van der Waals surface area contributed by atoms with E-state index in [4.69, 9.17) is 33.2 Å². The van der Waals surface area contributed by atoms with Crippen molar-refractivity contribution in [3.05, 3.63) is 41.0 Å². The largest absolute Gasteiger partial charge is 0.504 e. The smallest absolute Gasteiger partial charge is 0.200 e. The van der Waals surface area contributed by atoms with E-state index in [1.807, 2.05) is 0 Å². The normalized spacial score (nSPS) is 35.7. The summed E-state index contributed by atoms with van der Waals surface area (Å²) in [4.78, 5) is 0. The van der Waals surface area contributed by atoms with Crippen molar-refractivity contribution in [1.29, 1.82) is 0 Å². The molecule has 3 aliphatic rings. The maximum atomic E-state index is 11.1. The van der Waals surface area contributed by atoms with Gasteiger partial charge in [-0.1, -0.05) is 0 Å². The highest BCUT2D eigenvalue weighted by molar-refractivity contribution is 5.57. The molecule has 2 aromatic rings. The Hall–Kier alpha value is -3.04. The van der Waals surface area contributed by atoms with Crippen molar-refractivity contribution in [1.82, 2.24) is 0 Å². The second-order valence-corrected chi connectivity index (χ2v) is 12.6. The minimum absolute atomic E-state index is 0.0935. The Morgan fingerprint density at radius 1 is 0.680 bits per heavy atom. The molecule has 0 bridgehead atoms. The maximum absolute atomic E-state index is 11.1. The van der Waals surface area contributed by atoms with Crippen LogP contribution >= 0.6 is 0 Å². The number of phenols is 2. The average molecular weight is 715 g/mol. The van der Waals surface area contributed by atoms with Crippen molar-refractivity contribution in [3.8, 4) is 28.7 Å². The molecule has 2 fully saturated rings. The Labute approximate surface area is 287 Å². The monoisotopic (exact) mass is 714 g/mol. The summed E-state index contributed by atoms with van der Waals surface area (Å²) in [5.41, 5.74) is 1.94. The molecule has 0 aromatic heterocycles. The molecule has 2 saturated heterocycles. The van der Waals surface area contributed by atoms with Gasteiger partial charge in [0.1, 0.15) is 48.8 Å². The number of ether oxygens (including phenoxy) is 7. The fourth-order valence-electron chi connectivity index (χ4n) is 7.02. The van der Waals surface area contributed by atoms with Crippen molar-refractivity contribution < 1.29 is 84.2 Å². The molecule has 5 rings (SSSR count). The Balaban J connectivity index is 1.52. The molecular formula is C33H46O17. The first-order valence-corrected chi connectivity index (χ1v) is 16.1. The van der Waals surface area contributed by atoms with Gasteiger partial charge in [-0.05, 0) is 59.2 Å². The van der Waals surface area contributed by atoms with Crippen LogP contribution in [0.5, 0.6) is 28.7 Å². The number of phenolic OH excluding ortho intramolecular Hbond substituents is 2. The van der Waals surface area contributed by atoms with Crippen LogP contribution in [0.3, 0.4) is 0 Å². The van der Waals surface area contributed by atoms with Gasteiger partial charge in [-0.15, -0.1) is 0 Å². The summed E-state index contributed by atoms with van der Waals surface area (Å²) < 4.78 is 39.5. The number of aromatic hydroxyl groups is 2. The lowest BCUT2D eigenvalue weighted by Gasteiger charge is -2.46. The molecule has 280 valence electrons. The molecule has 1 aliphatic carbocycles. The maximum Gasteiger partial charge on any atom is 0.200 e. The molecule has 17 heteroatoms. The SMILES string of the molecule is COc1cc2c(cc1O)[C@H](c1cc(OC)c(O)c(OC)c1)[C@@H](CO[C@@H]1O[C@H](CO)[C@@H](O)[C@H](O)[C@H]1O[C@@H]1O[C@H](CO)[C@@H](O)[C@H](O)[C@H]1O)[C@H](CO)C2. The van der Waals surface area contributed by atoms with Crippen LogP contribution in [0.4, 0.5) is 0 Å². The third-order valence-electron chi connectivity index (χ3n) is 9.80. The molecule has 13 atom stereocenters. The van der Waals surface area contributed by atoms with Gasteiger partial charge in [0.2, 0.25) is 5.75 Å². The number of methoxy groups -OCH3 is 3. The predicted molar refractivity (Wildman–Crippen MR) is 168 cm³/mol. The summed E-state index contributed by atoms with van der Waals surface area (Å²) in [6.45, 7) is -2.02. The van der Waals surface area contributed by atoms with E-state index in [9.17, 15) is 51.1 Å². The van der Waals surface area contributed by atoms with Crippen LogP contribution in [0.15, 0.2) is 24.3 Å². The van der Waals surface area contributed by atoms with Gasteiger partial charge in [-0.2, -0.15) is 0 Å². The lowest BCUT2D eigenvalue weighted by atomic mass is 9.66. The van der Waals surface area contributed by atoms with Crippen LogP contribution in [0.1, 0.15) is 22.6 Å². The number of hydrogen-bond acceptors (Lipinski definition) is 17. The molecule has 0 amide bonds. The lowest BCUT2D eigenvalue weighted by molar-refractivity contribution is -0.368. The van der Waals surface area contributed by atoms with Gasteiger partial charge in [0.25, 0.3) is 0 Å². The van der Waals surface area contributed by atoms with E-state index in [0.717, 1.165) is 5.56 Å². The molecule has 2 aromatic carbocycles. The zero-order valence-electron chi connectivity index (χ0n) is 27.7. The van der Waals surface area contributed by atoms with Gasteiger partial charge in [0.15, 0.2) is 35.6 Å². The van der Waals surface area contributed by atoms with Gasteiger partial charge in [0.05, 0.1) is 41.2 Å². The van der Waals surface area contributed by atoms with Crippen molar-refractivity contribution in [2.45, 2.75) is 73.8 Å². The fourth-order valence-corrected chi connectivity index (χ4v) is 7.02. The number of aliphatic hydroxyl groups excluding tert-OH is 8. The van der Waals surface area contributed by atoms with Crippen molar-refractivity contribution in [2.24, 2.45) is 11.8 Å². The molecule has 17 nitrogen and oxygen atoms in total. The van der Waals surface area contributed by atoms with Crippen LogP contribution in [0, 0.1) is 11.8 Å². The number of hydrogen-bond donors (Lipinski definition) is 10. The van der Waals surface area contributed by atoms with E-state index in [1.165, 1.54) is 27.4 Å². The summed E-state index contributed by atoms with van der Waals surface area (Å²) in [6, 6.07) is 6.38. The Bertz CT molecular complexity index is 1410. The molecule has 0 spiro atoms. The second kappa shape index (κ2) is 16.1. The van der Waals surface area contributed by atoms with E-state index in [1.54, 1.807) is 18.2 Å². The summed E-state index contributed by atoms with van der Waals surface area (Å²) >= 11 is 0. The minimum atomic E-state index is -1.85. The molecule has 0 saturated carbocycles. The second-order valence-electron chi connectivity index (χ2n) is 12.6. The average Bonchev–Trinajstić information content (AvgIpc) is 3.12. The predicted octanol–water partition coefficient (Wildman–Crippen LogP) is -2.32. The van der Waals surface area contributed by atoms with Crippen molar-refractivity contribution in [2.75, 3.05) is 47.8 Å². The summed E-state index contributed by atoms with van der Waals surface area (Å²) in [6.07, 6.45) is -16.1. The Morgan fingerprint density at radius 3 is 1.82 bits per heavy atom. The topological polar surface area (TPSA) is 267 Å². The summed E-state index contributed by atoms with van der Waals surface area (Å²) in [5, 5.41) is 105. The summed E-state index contributed by atoms with van der Waals surface area (Å²) in [7, 11) is 4.15. The van der Waals surface area contributed by atoms with E-state index in [2.05, 4.69) is 0 Å². The highest BCUT2D eigenvalue weighted by Gasteiger charge is 2.51. The molecule has 2 heterocycles. The van der Waals surface area contributed by atoms with Crippen molar-refractivity contribution in [3.63, 3.8) is 0 Å². The number of aliphatic hydroxyl groups is 8. The number of rotatable bonds is 12. The Morgan fingerprint density at radius 2 is 1.26 bits per heavy atom. The zero-order chi connectivity index (χ0) is 36.4. The first-order valence-electron chi connectivity index (χ1n) is 16.1. The zero-order valence-corrected chi connectivity index (χ0v) is 27.7. The van der Waals surface area contributed by atoms with Crippen LogP contribution in [-0.4, -0.2) is 160 Å². The molecule has 10 N–H and O–H groups in total. The van der Waals surface area contributed by atoms with Crippen LogP contribution in [0.25, 0.3) is 0 Å². The minimum Gasteiger partial charge on any atom is -0.504 e. The standard InChI is InChI=1S/C33H46O17/c1-44-19-5-13-4-15(9-34)17(24(16(13)8-18(19)37)14-6-20(45-2)25(38)21(7-14)46-3)12-47-33-31(29(42)27(40)23(11-36)49-33)50-32-30(43)28(41)26(39)22(10-35)48-32/h5-8,15,17,22-24,26-43H,4,9-12H2,1-3H3/t15-,17-,22+,23+,24-,26+,27+,28-,29-,30+,31+,32-,33+/m0/s1. The van der Waals surface area contributed by atoms with Gasteiger partial charge >= 0.3 is 0 Å². The van der Waals surface area contributed by atoms with Crippen molar-refractivity contribution >= 4 is 0 Å². The van der Waals surface area contributed by atoms with Crippen LogP contribution in [0.2, 0.25) is 0 Å². The highest BCUT2D eigenvalue weighted by Crippen LogP contribution is 2.50. The third-order valence-corrected chi connectivity index (χ3v) is 9.80. The quantitative estimate of drug-likeness (QED) is 0.111. The van der Waals surface area contributed by atoms with E-state index in [-0.39, 0.29) is 42.0 Å². The van der Waals surface area contributed by atoms with Gasteiger partial charge in [-0.3, -0.25) is 0 Å². The first-order chi connectivity index (χ1) is 23.9. The lowest BCUT2D eigenvalue weighted by Crippen LogP contribution is -2.64. The third kappa shape index (κ3) is 7.19. The summed E-state index contributed by atoms with van der Waals surface area (Å²) in [5.74, 6) is -1.76. The molecular weight excluding hydrogens is 668 g/mol. The van der Waals surface area contributed by atoms with Gasteiger partial charge in [-0.25, -0.2) is 0 Å². The van der Waals surface area contributed by atoms with Gasteiger partial charge < -0.3 is 84.2 Å². The number of fused-ring (bicyclic) bond motifs is 1. The molecule has 2 aliphatic heterocycles. The van der Waals surface area contributed by atoms with E-state index in [0.29, 0.717) is 17.5 Å². The first kappa shape index (κ1) is 38.2. The van der Waals surface area contributed by atoms with Crippen LogP contribution in [-0.2, 0) is 25.4 Å². The fraction of sp³-hybridized carbons (Fsp3) is 0.636. The number of benzene rings is 2. The molecule has 0 unspecified atom stereocenters. The Kier molecular flexibility index (Phi) is 12.3.